The van der Waals surface area contributed by atoms with Crippen molar-refractivity contribution in [3.05, 3.63) is 0 Å². The molecule has 0 aromatic heterocycles. The van der Waals surface area contributed by atoms with Crippen LogP contribution in [0.15, 0.2) is 0 Å². The standard InChI is InChI=1S/C14H33N3S2/c1-11(2)16-9-12(14(5,6)19)17(8-7-15)10-13(3,4)18/h11-12,16,18-19H,7-10,15H2,1-6H3. The highest BCUT2D eigenvalue weighted by atomic mass is 32.1. The van der Waals surface area contributed by atoms with E-state index < -0.39 is 0 Å². The topological polar surface area (TPSA) is 41.3 Å². The largest absolute Gasteiger partial charge is 0.329 e. The molecule has 3 nitrogen and oxygen atoms in total. The molecule has 116 valence electrons. The molecule has 0 saturated carbocycles. The Labute approximate surface area is 130 Å². The zero-order chi connectivity index (χ0) is 15.3. The molecule has 0 aliphatic rings. The summed E-state index contributed by atoms with van der Waals surface area (Å²) >= 11 is 9.44. The van der Waals surface area contributed by atoms with Gasteiger partial charge in [-0.05, 0) is 27.7 Å². The summed E-state index contributed by atoms with van der Waals surface area (Å²) < 4.78 is -0.125. The highest BCUT2D eigenvalue weighted by Gasteiger charge is 2.33. The van der Waals surface area contributed by atoms with Gasteiger partial charge in [-0.15, -0.1) is 0 Å². The fraction of sp³-hybridized carbons (Fsp3) is 1.00. The lowest BCUT2D eigenvalue weighted by molar-refractivity contribution is 0.157. The Morgan fingerprint density at radius 1 is 1.16 bits per heavy atom. The van der Waals surface area contributed by atoms with Crippen LogP contribution < -0.4 is 11.1 Å². The number of nitrogens with two attached hydrogens (primary N) is 1. The van der Waals surface area contributed by atoms with Gasteiger partial charge in [0, 0.05) is 47.8 Å². The fourth-order valence-corrected chi connectivity index (χ4v) is 2.62. The molecule has 1 atom stereocenters. The molecule has 1 unspecified atom stereocenters. The van der Waals surface area contributed by atoms with E-state index in [4.69, 9.17) is 18.4 Å². The van der Waals surface area contributed by atoms with Crippen LogP contribution in [0.2, 0.25) is 0 Å². The molecule has 0 radical (unpaired) electrons. The van der Waals surface area contributed by atoms with E-state index in [0.717, 1.165) is 19.6 Å². The number of hydrogen-bond donors (Lipinski definition) is 4. The molecule has 0 aromatic carbocycles. The third kappa shape index (κ3) is 9.19. The first-order valence-electron chi connectivity index (χ1n) is 7.09. The molecule has 0 bridgehead atoms. The molecule has 3 N–H and O–H groups in total. The van der Waals surface area contributed by atoms with Crippen molar-refractivity contribution in [1.29, 1.82) is 0 Å². The van der Waals surface area contributed by atoms with Crippen molar-refractivity contribution in [1.82, 2.24) is 10.2 Å². The molecule has 0 amide bonds. The predicted octanol–water partition coefficient (Wildman–Crippen LogP) is 2.03. The minimum atomic E-state index is -0.0872. The van der Waals surface area contributed by atoms with E-state index in [2.05, 4.69) is 64.4 Å². The van der Waals surface area contributed by atoms with Crippen LogP contribution in [-0.2, 0) is 0 Å². The minimum absolute atomic E-state index is 0.0374. The van der Waals surface area contributed by atoms with Gasteiger partial charge in [-0.2, -0.15) is 25.3 Å². The molecule has 19 heavy (non-hydrogen) atoms. The summed E-state index contributed by atoms with van der Waals surface area (Å²) in [6, 6.07) is 0.801. The normalized spacial score (nSPS) is 15.3. The lowest BCUT2D eigenvalue weighted by Gasteiger charge is -2.42. The number of rotatable bonds is 9. The van der Waals surface area contributed by atoms with Gasteiger partial charge in [0.15, 0.2) is 0 Å². The molecule has 0 aromatic rings. The van der Waals surface area contributed by atoms with E-state index in [1.807, 2.05) is 0 Å². The van der Waals surface area contributed by atoms with Crippen molar-refractivity contribution < 1.29 is 0 Å². The summed E-state index contributed by atoms with van der Waals surface area (Å²) in [5.41, 5.74) is 5.77. The van der Waals surface area contributed by atoms with Crippen LogP contribution in [-0.4, -0.2) is 52.7 Å². The van der Waals surface area contributed by atoms with Crippen LogP contribution >= 0.6 is 25.3 Å². The maximum atomic E-state index is 5.77. The van der Waals surface area contributed by atoms with Crippen LogP contribution in [0.3, 0.4) is 0 Å². The first-order chi connectivity index (χ1) is 8.47. The number of thiol groups is 2. The van der Waals surface area contributed by atoms with Crippen LogP contribution in [0.1, 0.15) is 41.5 Å². The fourth-order valence-electron chi connectivity index (χ4n) is 2.18. The summed E-state index contributed by atoms with van der Waals surface area (Å²) in [6.45, 7) is 16.3. The molecule has 5 heteroatoms. The monoisotopic (exact) mass is 307 g/mol. The van der Waals surface area contributed by atoms with E-state index in [9.17, 15) is 0 Å². The van der Waals surface area contributed by atoms with Crippen LogP contribution in [0.4, 0.5) is 0 Å². The van der Waals surface area contributed by atoms with E-state index in [1.165, 1.54) is 0 Å². The minimum Gasteiger partial charge on any atom is -0.329 e. The average Bonchev–Trinajstić information content (AvgIpc) is 2.12. The molecule has 0 saturated heterocycles. The van der Waals surface area contributed by atoms with E-state index >= 15 is 0 Å². The van der Waals surface area contributed by atoms with E-state index in [1.54, 1.807) is 0 Å². The Balaban J connectivity index is 4.92. The molecule has 0 aliphatic heterocycles. The molecule has 0 rings (SSSR count). The summed E-state index contributed by atoms with van der Waals surface area (Å²) in [5.74, 6) is 0. The molecule has 0 fully saturated rings. The second-order valence-electron chi connectivity index (χ2n) is 6.80. The molecular weight excluding hydrogens is 274 g/mol. The van der Waals surface area contributed by atoms with Gasteiger partial charge >= 0.3 is 0 Å². The summed E-state index contributed by atoms with van der Waals surface area (Å²) in [4.78, 5) is 2.41. The maximum absolute atomic E-state index is 5.77. The van der Waals surface area contributed by atoms with E-state index in [-0.39, 0.29) is 9.49 Å². The Morgan fingerprint density at radius 3 is 2.00 bits per heavy atom. The third-order valence-electron chi connectivity index (χ3n) is 2.98. The SMILES string of the molecule is CC(C)NCC(N(CCN)CC(C)(C)S)C(C)(C)S. The van der Waals surface area contributed by atoms with Gasteiger partial charge in [0.25, 0.3) is 0 Å². The Morgan fingerprint density at radius 2 is 1.68 bits per heavy atom. The first kappa shape index (κ1) is 19.6. The van der Waals surface area contributed by atoms with Crippen molar-refractivity contribution in [2.45, 2.75) is 63.1 Å². The molecule has 0 spiro atoms. The highest BCUT2D eigenvalue weighted by Crippen LogP contribution is 2.25. The smallest absolute Gasteiger partial charge is 0.0360 e. The molecular formula is C14H33N3S2. The Hall–Kier alpha value is 0.580. The molecule has 0 aliphatic carbocycles. The predicted molar refractivity (Wildman–Crippen MR) is 93.7 cm³/mol. The van der Waals surface area contributed by atoms with Crippen LogP contribution in [0.5, 0.6) is 0 Å². The number of nitrogens with zero attached hydrogens (tertiary/aromatic N) is 1. The van der Waals surface area contributed by atoms with Gasteiger partial charge in [0.1, 0.15) is 0 Å². The molecule has 0 heterocycles. The summed E-state index contributed by atoms with van der Waals surface area (Å²) in [6.07, 6.45) is 0. The van der Waals surface area contributed by atoms with Crippen molar-refractivity contribution in [3.63, 3.8) is 0 Å². The van der Waals surface area contributed by atoms with Crippen molar-refractivity contribution >= 4 is 25.3 Å². The second kappa shape index (κ2) is 8.13. The number of nitrogens with one attached hydrogen (secondary N) is 1. The Kier molecular flexibility index (Phi) is 8.38. The zero-order valence-electron chi connectivity index (χ0n) is 13.4. The van der Waals surface area contributed by atoms with Gasteiger partial charge in [-0.25, -0.2) is 0 Å². The Bertz CT molecular complexity index is 244. The van der Waals surface area contributed by atoms with E-state index in [0.29, 0.717) is 18.6 Å². The zero-order valence-corrected chi connectivity index (χ0v) is 15.2. The average molecular weight is 308 g/mol. The lowest BCUT2D eigenvalue weighted by Crippen LogP contribution is -2.56. The highest BCUT2D eigenvalue weighted by molar-refractivity contribution is 7.82. The second-order valence-corrected chi connectivity index (χ2v) is 9.17. The van der Waals surface area contributed by atoms with Gasteiger partial charge in [0.2, 0.25) is 0 Å². The van der Waals surface area contributed by atoms with Crippen LogP contribution in [0, 0.1) is 0 Å². The van der Waals surface area contributed by atoms with Gasteiger partial charge in [0.05, 0.1) is 0 Å². The van der Waals surface area contributed by atoms with Crippen molar-refractivity contribution in [2.75, 3.05) is 26.2 Å². The van der Waals surface area contributed by atoms with Crippen molar-refractivity contribution in [2.24, 2.45) is 5.73 Å². The summed E-state index contributed by atoms with van der Waals surface area (Å²) in [7, 11) is 0. The van der Waals surface area contributed by atoms with Crippen molar-refractivity contribution in [3.8, 4) is 0 Å². The summed E-state index contributed by atoms with van der Waals surface area (Å²) in [5, 5.41) is 3.52. The van der Waals surface area contributed by atoms with Crippen LogP contribution in [0.25, 0.3) is 0 Å². The van der Waals surface area contributed by atoms with Gasteiger partial charge in [-0.1, -0.05) is 13.8 Å². The van der Waals surface area contributed by atoms with Gasteiger partial charge < -0.3 is 11.1 Å². The number of hydrogen-bond acceptors (Lipinski definition) is 5. The lowest BCUT2D eigenvalue weighted by atomic mass is 9.99. The first-order valence-corrected chi connectivity index (χ1v) is 7.99. The maximum Gasteiger partial charge on any atom is 0.0360 e. The quantitative estimate of drug-likeness (QED) is 0.493. The van der Waals surface area contributed by atoms with Gasteiger partial charge in [-0.3, -0.25) is 4.90 Å². The third-order valence-corrected chi connectivity index (χ3v) is 3.42.